The van der Waals surface area contributed by atoms with Gasteiger partial charge in [-0.3, -0.25) is 14.2 Å². The van der Waals surface area contributed by atoms with Crippen molar-refractivity contribution >= 4 is 27.5 Å². The lowest BCUT2D eigenvalue weighted by atomic mass is 10.1. The van der Waals surface area contributed by atoms with E-state index in [9.17, 15) is 9.59 Å². The number of hydrogen-bond acceptors (Lipinski definition) is 5. The Morgan fingerprint density at radius 1 is 1.35 bits per heavy atom. The van der Waals surface area contributed by atoms with Crippen molar-refractivity contribution in [1.29, 1.82) is 0 Å². The number of carbonyl (C=O) groups is 1. The molecule has 1 amide bonds. The van der Waals surface area contributed by atoms with E-state index in [1.54, 1.807) is 0 Å². The number of hydrogen-bond donors (Lipinski definition) is 2. The van der Waals surface area contributed by atoms with E-state index in [0.717, 1.165) is 63.1 Å². The molecule has 6 nitrogen and oxygen atoms in total. The molecule has 2 N–H and O–H groups in total. The molecule has 0 radical (unpaired) electrons. The van der Waals surface area contributed by atoms with E-state index < -0.39 is 0 Å². The highest BCUT2D eigenvalue weighted by molar-refractivity contribution is 7.20. The summed E-state index contributed by atoms with van der Waals surface area (Å²) in [7, 11) is 0. The van der Waals surface area contributed by atoms with Gasteiger partial charge in [-0.1, -0.05) is 18.1 Å². The number of aryl methyl sites for hydroxylation is 2. The first-order valence-electron chi connectivity index (χ1n) is 9.35. The molecule has 138 valence electrons. The lowest BCUT2D eigenvalue weighted by Gasteiger charge is -2.14. The summed E-state index contributed by atoms with van der Waals surface area (Å²) in [6.07, 6.45) is 7.15. The number of nitrogens with one attached hydrogen (secondary N) is 2. The third-order valence-electron chi connectivity index (χ3n) is 5.25. The van der Waals surface area contributed by atoms with Crippen LogP contribution in [-0.2, 0) is 13.0 Å². The fourth-order valence-electron chi connectivity index (χ4n) is 3.73. The number of nitrogens with zero attached hydrogens (tertiary/aromatic N) is 2. The molecule has 0 unspecified atom stereocenters. The Balaban J connectivity index is 1.65. The van der Waals surface area contributed by atoms with Gasteiger partial charge < -0.3 is 10.6 Å². The molecule has 0 spiro atoms. The van der Waals surface area contributed by atoms with Crippen molar-refractivity contribution in [3.63, 3.8) is 0 Å². The van der Waals surface area contributed by atoms with Crippen LogP contribution in [0.25, 0.3) is 10.2 Å². The summed E-state index contributed by atoms with van der Waals surface area (Å²) in [4.78, 5) is 31.7. The molecule has 0 aliphatic carbocycles. The standard InChI is InChI=1S/C19H24N4O2S/c1-12-15-18(22-14-5-3-2-4-10-23(14)19(15)25)26-16(12)17(24)21-11-13-6-8-20-9-7-13/h6,20H,2-5,7-11H2,1H3,(H,21,24). The molecule has 0 aromatic carbocycles. The summed E-state index contributed by atoms with van der Waals surface area (Å²) in [5, 5.41) is 6.89. The molecular formula is C19H24N4O2S. The monoisotopic (exact) mass is 372 g/mol. The van der Waals surface area contributed by atoms with Crippen LogP contribution >= 0.6 is 11.3 Å². The Labute approximate surface area is 156 Å². The summed E-state index contributed by atoms with van der Waals surface area (Å²) in [5.74, 6) is 0.762. The molecule has 2 aromatic heterocycles. The molecule has 0 fully saturated rings. The predicted molar refractivity (Wildman–Crippen MR) is 104 cm³/mol. The molecule has 0 atom stereocenters. The first kappa shape index (κ1) is 17.4. The molecule has 2 aliphatic rings. The summed E-state index contributed by atoms with van der Waals surface area (Å²) >= 11 is 1.34. The van der Waals surface area contributed by atoms with Crippen molar-refractivity contribution < 1.29 is 4.79 Å². The van der Waals surface area contributed by atoms with Gasteiger partial charge in [-0.2, -0.15) is 0 Å². The SMILES string of the molecule is Cc1c(C(=O)NCC2=CCNCC2)sc2nc3n(c(=O)c12)CCCCC3. The zero-order valence-corrected chi connectivity index (χ0v) is 15.9. The van der Waals surface area contributed by atoms with Crippen LogP contribution in [0.5, 0.6) is 0 Å². The fourth-order valence-corrected chi connectivity index (χ4v) is 4.84. The van der Waals surface area contributed by atoms with Crippen LogP contribution in [0, 0.1) is 6.92 Å². The normalized spacial score (nSPS) is 17.5. The fraction of sp³-hybridized carbons (Fsp3) is 0.526. The Kier molecular flexibility index (Phi) is 4.91. The lowest BCUT2D eigenvalue weighted by molar-refractivity contribution is 0.0960. The summed E-state index contributed by atoms with van der Waals surface area (Å²) < 4.78 is 1.82. The topological polar surface area (TPSA) is 76.0 Å². The number of amides is 1. The molecule has 0 bridgehead atoms. The van der Waals surface area contributed by atoms with Gasteiger partial charge in [0.2, 0.25) is 0 Å². The maximum absolute atomic E-state index is 13.0. The van der Waals surface area contributed by atoms with Gasteiger partial charge >= 0.3 is 0 Å². The van der Waals surface area contributed by atoms with E-state index in [1.807, 2.05) is 11.5 Å². The summed E-state index contributed by atoms with van der Waals surface area (Å²) in [6, 6.07) is 0. The summed E-state index contributed by atoms with van der Waals surface area (Å²) in [6.45, 7) is 4.98. The Hall–Kier alpha value is -1.99. The van der Waals surface area contributed by atoms with E-state index in [2.05, 4.69) is 16.7 Å². The minimum Gasteiger partial charge on any atom is -0.348 e. The van der Waals surface area contributed by atoms with Crippen molar-refractivity contribution in [2.75, 3.05) is 19.6 Å². The van der Waals surface area contributed by atoms with Crippen LogP contribution in [0.15, 0.2) is 16.4 Å². The third-order valence-corrected chi connectivity index (χ3v) is 6.44. The van der Waals surface area contributed by atoms with Gasteiger partial charge in [0.05, 0.1) is 10.3 Å². The highest BCUT2D eigenvalue weighted by atomic mass is 32.1. The third kappa shape index (κ3) is 3.21. The first-order valence-corrected chi connectivity index (χ1v) is 10.2. The van der Waals surface area contributed by atoms with Gasteiger partial charge in [-0.05, 0) is 38.3 Å². The smallest absolute Gasteiger partial charge is 0.262 e. The van der Waals surface area contributed by atoms with E-state index in [-0.39, 0.29) is 11.5 Å². The minimum absolute atomic E-state index is 0.0146. The van der Waals surface area contributed by atoms with Crippen LogP contribution in [0.2, 0.25) is 0 Å². The Morgan fingerprint density at radius 2 is 2.23 bits per heavy atom. The van der Waals surface area contributed by atoms with Crippen molar-refractivity contribution in [2.45, 2.75) is 45.6 Å². The molecule has 0 saturated carbocycles. The van der Waals surface area contributed by atoms with E-state index >= 15 is 0 Å². The van der Waals surface area contributed by atoms with E-state index in [1.165, 1.54) is 16.9 Å². The number of carbonyl (C=O) groups excluding carboxylic acids is 1. The van der Waals surface area contributed by atoms with Gasteiger partial charge in [0.25, 0.3) is 11.5 Å². The molecule has 2 aliphatic heterocycles. The first-order chi connectivity index (χ1) is 12.6. The van der Waals surface area contributed by atoms with Crippen molar-refractivity contribution in [3.8, 4) is 0 Å². The van der Waals surface area contributed by atoms with Gasteiger partial charge in [0.1, 0.15) is 10.7 Å². The largest absolute Gasteiger partial charge is 0.348 e. The Bertz CT molecular complexity index is 941. The second-order valence-corrected chi connectivity index (χ2v) is 8.03. The zero-order chi connectivity index (χ0) is 18.1. The molecule has 7 heteroatoms. The van der Waals surface area contributed by atoms with Gasteiger partial charge in [-0.15, -0.1) is 11.3 Å². The lowest BCUT2D eigenvalue weighted by Crippen LogP contribution is -2.29. The van der Waals surface area contributed by atoms with Crippen molar-refractivity contribution in [3.05, 3.63) is 38.3 Å². The van der Waals surface area contributed by atoms with Crippen LogP contribution in [0.3, 0.4) is 0 Å². The van der Waals surface area contributed by atoms with Crippen LogP contribution in [0.1, 0.15) is 46.7 Å². The van der Waals surface area contributed by atoms with Crippen LogP contribution in [0.4, 0.5) is 0 Å². The summed E-state index contributed by atoms with van der Waals surface area (Å²) in [5.41, 5.74) is 2.03. The van der Waals surface area contributed by atoms with Crippen molar-refractivity contribution in [1.82, 2.24) is 20.2 Å². The molecule has 4 rings (SSSR count). The average Bonchev–Trinajstić information content (AvgIpc) is 2.82. The van der Waals surface area contributed by atoms with Crippen molar-refractivity contribution in [2.24, 2.45) is 0 Å². The second-order valence-electron chi connectivity index (χ2n) is 7.03. The van der Waals surface area contributed by atoms with Gasteiger partial charge in [-0.25, -0.2) is 4.98 Å². The van der Waals surface area contributed by atoms with E-state index in [0.29, 0.717) is 21.6 Å². The number of fused-ring (bicyclic) bond motifs is 2. The van der Waals surface area contributed by atoms with E-state index in [4.69, 9.17) is 4.98 Å². The van der Waals surface area contributed by atoms with Gasteiger partial charge in [0.15, 0.2) is 0 Å². The average molecular weight is 372 g/mol. The minimum atomic E-state index is -0.107. The molecule has 4 heterocycles. The van der Waals surface area contributed by atoms with Gasteiger partial charge in [0, 0.05) is 26.1 Å². The molecule has 26 heavy (non-hydrogen) atoms. The predicted octanol–water partition coefficient (Wildman–Crippen LogP) is 2.14. The highest BCUT2D eigenvalue weighted by Gasteiger charge is 2.22. The molecule has 0 saturated heterocycles. The van der Waals surface area contributed by atoms with Crippen LogP contribution in [-0.4, -0.2) is 35.1 Å². The zero-order valence-electron chi connectivity index (χ0n) is 15.1. The van der Waals surface area contributed by atoms with Crippen LogP contribution < -0.4 is 16.2 Å². The maximum Gasteiger partial charge on any atom is 0.262 e. The maximum atomic E-state index is 13.0. The second kappa shape index (κ2) is 7.32. The quantitative estimate of drug-likeness (QED) is 0.810. The number of aromatic nitrogens is 2. The molecule has 2 aromatic rings. The molecular weight excluding hydrogens is 348 g/mol. The Morgan fingerprint density at radius 3 is 3.04 bits per heavy atom. The number of rotatable bonds is 3. The highest BCUT2D eigenvalue weighted by Crippen LogP contribution is 2.28. The number of thiophene rings is 1.